The van der Waals surface area contributed by atoms with Gasteiger partial charge in [-0.2, -0.15) is 5.10 Å². The second kappa shape index (κ2) is 6.51. The maximum atomic E-state index is 6.70. The first kappa shape index (κ1) is 15.1. The zero-order chi connectivity index (χ0) is 14.7. The van der Waals surface area contributed by atoms with Crippen LogP contribution in [0.1, 0.15) is 82.9 Å². The quantitative estimate of drug-likeness (QED) is 0.901. The van der Waals surface area contributed by atoms with E-state index in [9.17, 15) is 0 Å². The summed E-state index contributed by atoms with van der Waals surface area (Å²) in [4.78, 5) is 0. The van der Waals surface area contributed by atoms with E-state index in [2.05, 4.69) is 23.9 Å². The van der Waals surface area contributed by atoms with Gasteiger partial charge in [0.15, 0.2) is 0 Å². The number of nitrogens with two attached hydrogens (primary N) is 1. The summed E-state index contributed by atoms with van der Waals surface area (Å²) in [5.41, 5.74) is 7.89. The molecule has 2 atom stereocenters. The maximum Gasteiger partial charge on any atom is 0.0643 e. The fourth-order valence-electron chi connectivity index (χ4n) is 4.41. The Bertz CT molecular complexity index is 447. The first-order valence-corrected chi connectivity index (χ1v) is 9.01. The Morgan fingerprint density at radius 1 is 1.24 bits per heavy atom. The lowest BCUT2D eigenvalue weighted by Crippen LogP contribution is -2.46. The molecule has 3 rings (SSSR count). The van der Waals surface area contributed by atoms with E-state index >= 15 is 0 Å². The van der Waals surface area contributed by atoms with Gasteiger partial charge in [-0.3, -0.25) is 4.68 Å². The van der Waals surface area contributed by atoms with Gasteiger partial charge < -0.3 is 5.73 Å². The van der Waals surface area contributed by atoms with Crippen LogP contribution < -0.4 is 5.73 Å². The highest BCUT2D eigenvalue weighted by atomic mass is 15.3. The molecule has 118 valence electrons. The molecule has 0 aromatic carbocycles. The summed E-state index contributed by atoms with van der Waals surface area (Å²) in [5.74, 6) is 0.823. The molecule has 0 aliphatic heterocycles. The highest BCUT2D eigenvalue weighted by Crippen LogP contribution is 2.35. The summed E-state index contributed by atoms with van der Waals surface area (Å²) < 4.78 is 2.22. The third-order valence-corrected chi connectivity index (χ3v) is 5.71. The highest BCUT2D eigenvalue weighted by molar-refractivity contribution is 5.07. The molecule has 3 heteroatoms. The van der Waals surface area contributed by atoms with Gasteiger partial charge in [0.05, 0.1) is 11.7 Å². The molecule has 1 aromatic rings. The van der Waals surface area contributed by atoms with Crippen molar-refractivity contribution in [1.82, 2.24) is 9.78 Å². The maximum absolute atomic E-state index is 6.70. The molecule has 2 fully saturated rings. The van der Waals surface area contributed by atoms with Crippen molar-refractivity contribution in [3.63, 3.8) is 0 Å². The van der Waals surface area contributed by atoms with Crippen molar-refractivity contribution in [2.45, 2.75) is 89.1 Å². The van der Waals surface area contributed by atoms with Gasteiger partial charge in [-0.05, 0) is 37.7 Å². The van der Waals surface area contributed by atoms with Crippen molar-refractivity contribution in [2.75, 3.05) is 0 Å². The molecule has 1 aromatic heterocycles. The Balaban J connectivity index is 1.63. The van der Waals surface area contributed by atoms with Crippen LogP contribution in [0, 0.1) is 5.92 Å². The van der Waals surface area contributed by atoms with Crippen LogP contribution in [0.2, 0.25) is 0 Å². The van der Waals surface area contributed by atoms with E-state index in [1.807, 2.05) is 0 Å². The fraction of sp³-hybridized carbons (Fsp3) is 0.833. The summed E-state index contributed by atoms with van der Waals surface area (Å²) in [6.07, 6.45) is 16.1. The molecule has 0 saturated heterocycles. The van der Waals surface area contributed by atoms with Gasteiger partial charge in [-0.1, -0.05) is 45.4 Å². The van der Waals surface area contributed by atoms with Gasteiger partial charge in [0, 0.05) is 18.2 Å². The molecule has 2 saturated carbocycles. The SMILES string of the molecule is CCC1CCCC(N)(Cc2ccn(C3CCCCC3)n2)C1. The van der Waals surface area contributed by atoms with Gasteiger partial charge in [-0.25, -0.2) is 0 Å². The monoisotopic (exact) mass is 289 g/mol. The minimum absolute atomic E-state index is 0.00925. The second-order valence-corrected chi connectivity index (χ2v) is 7.49. The van der Waals surface area contributed by atoms with Crippen molar-refractivity contribution < 1.29 is 0 Å². The lowest BCUT2D eigenvalue weighted by Gasteiger charge is -2.37. The van der Waals surface area contributed by atoms with Crippen LogP contribution in [0.5, 0.6) is 0 Å². The Hall–Kier alpha value is -0.830. The number of aromatic nitrogens is 2. The molecular weight excluding hydrogens is 258 g/mol. The number of nitrogens with zero attached hydrogens (tertiary/aromatic N) is 2. The van der Waals surface area contributed by atoms with E-state index in [1.165, 1.54) is 69.9 Å². The van der Waals surface area contributed by atoms with E-state index in [4.69, 9.17) is 10.8 Å². The van der Waals surface area contributed by atoms with Gasteiger partial charge in [0.1, 0.15) is 0 Å². The number of hydrogen-bond acceptors (Lipinski definition) is 2. The second-order valence-electron chi connectivity index (χ2n) is 7.49. The molecule has 0 spiro atoms. The molecule has 1 heterocycles. The van der Waals surface area contributed by atoms with Crippen molar-refractivity contribution in [3.8, 4) is 0 Å². The Morgan fingerprint density at radius 3 is 2.81 bits per heavy atom. The van der Waals surface area contributed by atoms with Gasteiger partial charge in [0.2, 0.25) is 0 Å². The molecule has 2 unspecified atom stereocenters. The lowest BCUT2D eigenvalue weighted by atomic mass is 9.73. The fourth-order valence-corrected chi connectivity index (χ4v) is 4.41. The van der Waals surface area contributed by atoms with Crippen LogP contribution in [0.25, 0.3) is 0 Å². The zero-order valence-electron chi connectivity index (χ0n) is 13.6. The van der Waals surface area contributed by atoms with Crippen LogP contribution in [-0.4, -0.2) is 15.3 Å². The van der Waals surface area contributed by atoms with E-state index < -0.39 is 0 Å². The van der Waals surface area contributed by atoms with Crippen LogP contribution in [0.15, 0.2) is 12.3 Å². The zero-order valence-corrected chi connectivity index (χ0v) is 13.6. The molecule has 21 heavy (non-hydrogen) atoms. The van der Waals surface area contributed by atoms with Crippen molar-refractivity contribution >= 4 is 0 Å². The van der Waals surface area contributed by atoms with Crippen LogP contribution in [0.4, 0.5) is 0 Å². The smallest absolute Gasteiger partial charge is 0.0643 e. The Morgan fingerprint density at radius 2 is 2.05 bits per heavy atom. The standard InChI is InChI=1S/C18H31N3/c1-2-15-7-6-11-18(19,13-15)14-16-10-12-21(20-16)17-8-4-3-5-9-17/h10,12,15,17H,2-9,11,13-14,19H2,1H3. The normalized spacial score (nSPS) is 31.4. The highest BCUT2D eigenvalue weighted by Gasteiger charge is 2.33. The van der Waals surface area contributed by atoms with Gasteiger partial charge >= 0.3 is 0 Å². The Kier molecular flexibility index (Phi) is 4.68. The first-order chi connectivity index (χ1) is 10.2. The van der Waals surface area contributed by atoms with Crippen molar-refractivity contribution in [3.05, 3.63) is 18.0 Å². The molecule has 2 N–H and O–H groups in total. The molecule has 2 aliphatic rings. The van der Waals surface area contributed by atoms with E-state index in [0.717, 1.165) is 12.3 Å². The lowest BCUT2D eigenvalue weighted by molar-refractivity contribution is 0.216. The van der Waals surface area contributed by atoms with Crippen molar-refractivity contribution in [2.24, 2.45) is 11.7 Å². The summed E-state index contributed by atoms with van der Waals surface area (Å²) >= 11 is 0. The van der Waals surface area contributed by atoms with Crippen molar-refractivity contribution in [1.29, 1.82) is 0 Å². The summed E-state index contributed by atoms with van der Waals surface area (Å²) in [7, 11) is 0. The summed E-state index contributed by atoms with van der Waals surface area (Å²) in [6, 6.07) is 2.84. The third kappa shape index (κ3) is 3.68. The van der Waals surface area contributed by atoms with Crippen LogP contribution in [-0.2, 0) is 6.42 Å². The van der Waals surface area contributed by atoms with E-state index in [1.54, 1.807) is 0 Å². The first-order valence-electron chi connectivity index (χ1n) is 9.01. The van der Waals surface area contributed by atoms with E-state index in [0.29, 0.717) is 6.04 Å². The average molecular weight is 289 g/mol. The summed E-state index contributed by atoms with van der Waals surface area (Å²) in [6.45, 7) is 2.30. The average Bonchev–Trinajstić information content (AvgIpc) is 2.96. The molecule has 0 bridgehead atoms. The summed E-state index contributed by atoms with van der Waals surface area (Å²) in [5, 5.41) is 4.86. The Labute approximate surface area is 129 Å². The van der Waals surface area contributed by atoms with Gasteiger partial charge in [0.25, 0.3) is 0 Å². The number of hydrogen-bond donors (Lipinski definition) is 1. The largest absolute Gasteiger partial charge is 0.325 e. The van der Waals surface area contributed by atoms with Gasteiger partial charge in [-0.15, -0.1) is 0 Å². The molecule has 0 amide bonds. The topological polar surface area (TPSA) is 43.8 Å². The minimum Gasteiger partial charge on any atom is -0.325 e. The van der Waals surface area contributed by atoms with Crippen LogP contribution >= 0.6 is 0 Å². The third-order valence-electron chi connectivity index (χ3n) is 5.71. The molecule has 3 nitrogen and oxygen atoms in total. The predicted molar refractivity (Wildman–Crippen MR) is 87.2 cm³/mol. The molecular formula is C18H31N3. The van der Waals surface area contributed by atoms with E-state index in [-0.39, 0.29) is 5.54 Å². The van der Waals surface area contributed by atoms with Crippen LogP contribution in [0.3, 0.4) is 0 Å². The molecule has 0 radical (unpaired) electrons. The number of rotatable bonds is 4. The minimum atomic E-state index is -0.00925. The molecule has 2 aliphatic carbocycles. The predicted octanol–water partition coefficient (Wildman–Crippen LogP) is 4.23.